The minimum Gasteiger partial charge on any atom is -0.489 e. The summed E-state index contributed by atoms with van der Waals surface area (Å²) in [5, 5.41) is 2.91. The second-order valence-electron chi connectivity index (χ2n) is 5.99. The zero-order chi connectivity index (χ0) is 17.1. The summed E-state index contributed by atoms with van der Waals surface area (Å²) < 4.78 is 16.5. The number of rotatable bonds is 3. The topological polar surface area (TPSA) is 72.9 Å². The molecule has 1 aromatic heterocycles. The highest BCUT2D eigenvalue weighted by atomic mass is 16.7. The van der Waals surface area contributed by atoms with E-state index in [4.69, 9.17) is 14.2 Å². The Kier molecular flexibility index (Phi) is 4.28. The number of fused-ring (bicyclic) bond motifs is 1. The number of nitrogens with one attached hydrogen (secondary N) is 1. The molecule has 1 saturated heterocycles. The number of aromatic nitrogens is 1. The van der Waals surface area contributed by atoms with Crippen LogP contribution >= 0.6 is 0 Å². The Balaban J connectivity index is 1.29. The van der Waals surface area contributed by atoms with Gasteiger partial charge in [-0.2, -0.15) is 0 Å². The largest absolute Gasteiger partial charge is 0.489 e. The number of ether oxygens (including phenoxy) is 3. The second-order valence-corrected chi connectivity index (χ2v) is 5.99. The molecular weight excluding hydrogens is 322 g/mol. The number of carbonyl (C=O) groups is 1. The van der Waals surface area contributed by atoms with E-state index in [1.807, 2.05) is 18.2 Å². The van der Waals surface area contributed by atoms with Gasteiger partial charge in [0.25, 0.3) is 0 Å². The average Bonchev–Trinajstić information content (AvgIpc) is 3.11. The number of nitrogens with zero attached hydrogens (tertiary/aromatic N) is 2. The lowest BCUT2D eigenvalue weighted by atomic mass is 10.1. The van der Waals surface area contributed by atoms with E-state index in [1.54, 1.807) is 29.4 Å². The highest BCUT2D eigenvalue weighted by Gasteiger charge is 2.24. The van der Waals surface area contributed by atoms with E-state index in [2.05, 4.69) is 10.3 Å². The molecule has 2 aliphatic rings. The van der Waals surface area contributed by atoms with Crippen molar-refractivity contribution in [1.29, 1.82) is 0 Å². The number of hydrogen-bond acceptors (Lipinski definition) is 5. The van der Waals surface area contributed by atoms with E-state index >= 15 is 0 Å². The van der Waals surface area contributed by atoms with E-state index in [0.717, 1.165) is 18.6 Å². The van der Waals surface area contributed by atoms with Crippen molar-refractivity contribution in [3.8, 4) is 17.2 Å². The SMILES string of the molecule is O=C(Nc1ccc2c(c1)OCO2)N1CCC(Oc2cccnc2)CC1. The molecule has 0 radical (unpaired) electrons. The number of hydrogen-bond donors (Lipinski definition) is 1. The fourth-order valence-electron chi connectivity index (χ4n) is 2.96. The molecule has 1 aromatic carbocycles. The van der Waals surface area contributed by atoms with Crippen molar-refractivity contribution in [2.24, 2.45) is 0 Å². The molecule has 1 fully saturated rings. The molecule has 25 heavy (non-hydrogen) atoms. The van der Waals surface area contributed by atoms with Gasteiger partial charge in [0.15, 0.2) is 11.5 Å². The molecule has 2 aliphatic heterocycles. The lowest BCUT2D eigenvalue weighted by Crippen LogP contribution is -2.43. The number of piperidine rings is 1. The zero-order valence-corrected chi connectivity index (χ0v) is 13.7. The number of amides is 2. The van der Waals surface area contributed by atoms with Crippen molar-refractivity contribution < 1.29 is 19.0 Å². The molecule has 0 saturated carbocycles. The third-order valence-electron chi connectivity index (χ3n) is 4.29. The van der Waals surface area contributed by atoms with Crippen molar-refractivity contribution in [2.45, 2.75) is 18.9 Å². The maximum Gasteiger partial charge on any atom is 0.321 e. The first-order valence-electron chi connectivity index (χ1n) is 8.30. The van der Waals surface area contributed by atoms with Crippen LogP contribution in [0, 0.1) is 0 Å². The van der Waals surface area contributed by atoms with Crippen LogP contribution in [0.3, 0.4) is 0 Å². The van der Waals surface area contributed by atoms with E-state index in [0.29, 0.717) is 30.3 Å². The van der Waals surface area contributed by atoms with Gasteiger partial charge < -0.3 is 24.4 Å². The third kappa shape index (κ3) is 3.60. The minimum atomic E-state index is -0.112. The smallest absolute Gasteiger partial charge is 0.321 e. The number of pyridine rings is 1. The molecule has 4 rings (SSSR count). The monoisotopic (exact) mass is 341 g/mol. The van der Waals surface area contributed by atoms with Crippen molar-refractivity contribution in [3.63, 3.8) is 0 Å². The lowest BCUT2D eigenvalue weighted by molar-refractivity contribution is 0.115. The Morgan fingerprint density at radius 3 is 2.84 bits per heavy atom. The number of urea groups is 1. The molecule has 2 amide bonds. The Labute approximate surface area is 145 Å². The average molecular weight is 341 g/mol. The van der Waals surface area contributed by atoms with Gasteiger partial charge >= 0.3 is 6.03 Å². The number of benzene rings is 1. The van der Waals surface area contributed by atoms with Crippen LogP contribution < -0.4 is 19.5 Å². The number of carbonyl (C=O) groups excluding carboxylic acids is 1. The maximum atomic E-state index is 12.4. The van der Waals surface area contributed by atoms with Gasteiger partial charge in [0.1, 0.15) is 11.9 Å². The molecule has 0 unspecified atom stereocenters. The summed E-state index contributed by atoms with van der Waals surface area (Å²) in [6, 6.07) is 9.02. The maximum absolute atomic E-state index is 12.4. The minimum absolute atomic E-state index is 0.110. The fraction of sp³-hybridized carbons (Fsp3) is 0.333. The van der Waals surface area contributed by atoms with Crippen LogP contribution in [0.4, 0.5) is 10.5 Å². The van der Waals surface area contributed by atoms with Crippen molar-refractivity contribution in [3.05, 3.63) is 42.7 Å². The van der Waals surface area contributed by atoms with Crippen LogP contribution in [0.1, 0.15) is 12.8 Å². The van der Waals surface area contributed by atoms with Gasteiger partial charge in [0, 0.05) is 43.9 Å². The molecule has 7 nitrogen and oxygen atoms in total. The first-order valence-corrected chi connectivity index (χ1v) is 8.30. The van der Waals surface area contributed by atoms with Crippen LogP contribution in [-0.4, -0.2) is 41.9 Å². The Morgan fingerprint density at radius 2 is 2.04 bits per heavy atom. The highest BCUT2D eigenvalue weighted by molar-refractivity contribution is 5.89. The van der Waals surface area contributed by atoms with E-state index in [9.17, 15) is 4.79 Å². The molecule has 7 heteroatoms. The Hall–Kier alpha value is -2.96. The van der Waals surface area contributed by atoms with Gasteiger partial charge in [0.05, 0.1) is 6.20 Å². The van der Waals surface area contributed by atoms with Crippen LogP contribution in [0.2, 0.25) is 0 Å². The van der Waals surface area contributed by atoms with E-state index in [1.165, 1.54) is 0 Å². The number of anilines is 1. The Bertz CT molecular complexity index is 745. The van der Waals surface area contributed by atoms with Crippen LogP contribution in [0.25, 0.3) is 0 Å². The normalized spacial score (nSPS) is 16.6. The third-order valence-corrected chi connectivity index (χ3v) is 4.29. The standard InChI is InChI=1S/C18H19N3O4/c22-18(20-13-3-4-16-17(10-13)24-12-23-16)21-8-5-14(6-9-21)25-15-2-1-7-19-11-15/h1-4,7,10-11,14H,5-6,8-9,12H2,(H,20,22). The lowest BCUT2D eigenvalue weighted by Gasteiger charge is -2.32. The molecule has 0 atom stereocenters. The zero-order valence-electron chi connectivity index (χ0n) is 13.7. The van der Waals surface area contributed by atoms with Crippen LogP contribution in [-0.2, 0) is 0 Å². The summed E-state index contributed by atoms with van der Waals surface area (Å²) in [6.07, 6.45) is 5.13. The molecule has 0 bridgehead atoms. The van der Waals surface area contributed by atoms with Gasteiger partial charge in [-0.1, -0.05) is 0 Å². The van der Waals surface area contributed by atoms with Gasteiger partial charge in [-0.3, -0.25) is 4.98 Å². The molecule has 1 N–H and O–H groups in total. The summed E-state index contributed by atoms with van der Waals surface area (Å²) in [7, 11) is 0. The van der Waals surface area contributed by atoms with E-state index < -0.39 is 0 Å². The Morgan fingerprint density at radius 1 is 1.20 bits per heavy atom. The number of likely N-dealkylation sites (tertiary alicyclic amines) is 1. The van der Waals surface area contributed by atoms with Crippen LogP contribution in [0.5, 0.6) is 17.2 Å². The van der Waals surface area contributed by atoms with Crippen molar-refractivity contribution >= 4 is 11.7 Å². The van der Waals surface area contributed by atoms with Gasteiger partial charge in [-0.25, -0.2) is 4.79 Å². The van der Waals surface area contributed by atoms with E-state index in [-0.39, 0.29) is 18.9 Å². The first-order chi connectivity index (χ1) is 12.3. The summed E-state index contributed by atoms with van der Waals surface area (Å²) in [6.45, 7) is 1.53. The van der Waals surface area contributed by atoms with Crippen molar-refractivity contribution in [1.82, 2.24) is 9.88 Å². The molecule has 3 heterocycles. The van der Waals surface area contributed by atoms with Gasteiger partial charge in [-0.05, 0) is 24.3 Å². The quantitative estimate of drug-likeness (QED) is 0.929. The predicted octanol–water partition coefficient (Wildman–Crippen LogP) is 2.89. The highest BCUT2D eigenvalue weighted by Crippen LogP contribution is 2.34. The molecule has 0 aliphatic carbocycles. The summed E-state index contributed by atoms with van der Waals surface area (Å²) in [5.41, 5.74) is 0.697. The molecule has 2 aromatic rings. The first kappa shape index (κ1) is 15.6. The predicted molar refractivity (Wildman–Crippen MR) is 91.0 cm³/mol. The summed E-state index contributed by atoms with van der Waals surface area (Å²) in [5.74, 6) is 2.12. The summed E-state index contributed by atoms with van der Waals surface area (Å²) in [4.78, 5) is 18.3. The molecule has 130 valence electrons. The molecular formula is C18H19N3O4. The molecule has 0 spiro atoms. The summed E-state index contributed by atoms with van der Waals surface area (Å²) >= 11 is 0. The van der Waals surface area contributed by atoms with Crippen molar-refractivity contribution in [2.75, 3.05) is 25.2 Å². The van der Waals surface area contributed by atoms with Gasteiger partial charge in [0.2, 0.25) is 6.79 Å². The second kappa shape index (κ2) is 6.88. The van der Waals surface area contributed by atoms with Crippen LogP contribution in [0.15, 0.2) is 42.7 Å². The van der Waals surface area contributed by atoms with Gasteiger partial charge in [-0.15, -0.1) is 0 Å². The fourth-order valence-corrected chi connectivity index (χ4v) is 2.96.